The number of fused-ring (bicyclic) bond motifs is 1. The number of aryl methyl sites for hydroxylation is 1. The summed E-state index contributed by atoms with van der Waals surface area (Å²) in [5, 5.41) is 3.14. The second-order valence-corrected chi connectivity index (χ2v) is 6.93. The van der Waals surface area contributed by atoms with Crippen LogP contribution in [0.1, 0.15) is 21.7 Å². The number of carbonyl (C=O) groups excluding carboxylic acids is 2. The third-order valence-electron chi connectivity index (χ3n) is 4.70. The fraction of sp³-hybridized carbons (Fsp3) is 0.125. The van der Waals surface area contributed by atoms with Crippen LogP contribution in [0.25, 0.3) is 22.4 Å². The van der Waals surface area contributed by atoms with Gasteiger partial charge in [-0.25, -0.2) is 14.2 Å². The summed E-state index contributed by atoms with van der Waals surface area (Å²) in [5.41, 5.74) is 1.71. The van der Waals surface area contributed by atoms with E-state index in [0.29, 0.717) is 27.9 Å². The Labute approximate surface area is 177 Å². The molecule has 7 heteroatoms. The molecule has 0 fully saturated rings. The van der Waals surface area contributed by atoms with Crippen molar-refractivity contribution in [1.29, 1.82) is 0 Å². The number of nitrogens with one attached hydrogen (secondary N) is 1. The summed E-state index contributed by atoms with van der Waals surface area (Å²) in [4.78, 5) is 29.4. The Morgan fingerprint density at radius 1 is 1.06 bits per heavy atom. The minimum absolute atomic E-state index is 0.00321. The summed E-state index contributed by atoms with van der Waals surface area (Å²) >= 11 is 0. The zero-order chi connectivity index (χ0) is 21.8. The first-order chi connectivity index (χ1) is 15.0. The van der Waals surface area contributed by atoms with Crippen LogP contribution < -0.4 is 5.32 Å². The van der Waals surface area contributed by atoms with Crippen molar-refractivity contribution in [2.45, 2.75) is 13.5 Å². The van der Waals surface area contributed by atoms with Gasteiger partial charge in [0.1, 0.15) is 17.3 Å². The topological polar surface area (TPSA) is 81.4 Å². The molecule has 0 radical (unpaired) electrons. The van der Waals surface area contributed by atoms with E-state index < -0.39 is 24.3 Å². The first-order valence-corrected chi connectivity index (χ1v) is 9.65. The minimum atomic E-state index is -0.663. The molecule has 0 saturated heterocycles. The maximum atomic E-state index is 13.7. The molecule has 2 heterocycles. The molecule has 156 valence electrons. The number of rotatable bonds is 6. The predicted octanol–water partition coefficient (Wildman–Crippen LogP) is 4.42. The van der Waals surface area contributed by atoms with Gasteiger partial charge in [-0.15, -0.1) is 0 Å². The zero-order valence-corrected chi connectivity index (χ0v) is 16.7. The van der Waals surface area contributed by atoms with Gasteiger partial charge in [-0.2, -0.15) is 0 Å². The number of nitrogens with zero attached hydrogens (tertiary/aromatic N) is 1. The maximum absolute atomic E-state index is 13.7. The maximum Gasteiger partial charge on any atom is 0.339 e. The van der Waals surface area contributed by atoms with Crippen molar-refractivity contribution >= 4 is 22.8 Å². The number of halogens is 1. The summed E-state index contributed by atoms with van der Waals surface area (Å²) in [5.74, 6) is -0.356. The van der Waals surface area contributed by atoms with Crippen LogP contribution in [0, 0.1) is 12.7 Å². The van der Waals surface area contributed by atoms with E-state index in [2.05, 4.69) is 10.3 Å². The van der Waals surface area contributed by atoms with E-state index >= 15 is 0 Å². The first-order valence-electron chi connectivity index (χ1n) is 9.65. The number of carbonyl (C=O) groups is 2. The highest BCUT2D eigenvalue weighted by Gasteiger charge is 2.17. The summed E-state index contributed by atoms with van der Waals surface area (Å²) in [7, 11) is 0. The quantitative estimate of drug-likeness (QED) is 0.469. The number of amides is 1. The summed E-state index contributed by atoms with van der Waals surface area (Å²) in [6, 6.07) is 18.5. The number of furan rings is 1. The lowest BCUT2D eigenvalue weighted by atomic mass is 10.1. The van der Waals surface area contributed by atoms with Crippen LogP contribution in [0.5, 0.6) is 0 Å². The van der Waals surface area contributed by atoms with Crippen molar-refractivity contribution < 1.29 is 23.1 Å². The van der Waals surface area contributed by atoms with E-state index in [4.69, 9.17) is 9.15 Å². The first kappa shape index (κ1) is 20.3. The fourth-order valence-corrected chi connectivity index (χ4v) is 3.14. The molecule has 4 aromatic rings. The van der Waals surface area contributed by atoms with Crippen LogP contribution >= 0.6 is 0 Å². The van der Waals surface area contributed by atoms with Gasteiger partial charge in [-0.1, -0.05) is 36.4 Å². The molecule has 0 spiro atoms. The lowest BCUT2D eigenvalue weighted by Gasteiger charge is -2.10. The molecule has 0 bridgehead atoms. The van der Waals surface area contributed by atoms with Crippen LogP contribution in [0.15, 0.2) is 71.1 Å². The van der Waals surface area contributed by atoms with E-state index in [1.165, 1.54) is 6.07 Å². The fourth-order valence-electron chi connectivity index (χ4n) is 3.14. The molecule has 0 saturated carbocycles. The molecule has 4 rings (SSSR count). The normalized spacial score (nSPS) is 10.8. The van der Waals surface area contributed by atoms with Gasteiger partial charge in [0.05, 0.1) is 11.1 Å². The Balaban J connectivity index is 1.49. The third kappa shape index (κ3) is 4.61. The molecule has 0 aliphatic heterocycles. The molecule has 1 N–H and O–H groups in total. The molecular weight excluding hydrogens is 399 g/mol. The molecular formula is C24H19FN2O4. The van der Waals surface area contributed by atoms with Crippen LogP contribution in [-0.2, 0) is 16.1 Å². The smallest absolute Gasteiger partial charge is 0.339 e. The van der Waals surface area contributed by atoms with Gasteiger partial charge in [0.15, 0.2) is 12.4 Å². The molecule has 0 aliphatic rings. The summed E-state index contributed by atoms with van der Waals surface area (Å²) in [6.07, 6.45) is 0. The van der Waals surface area contributed by atoms with Crippen LogP contribution in [0.4, 0.5) is 4.39 Å². The molecule has 0 unspecified atom stereocenters. The average Bonchev–Trinajstić information content (AvgIpc) is 3.22. The SMILES string of the molecule is Cc1ccc(-c2cc(C(=O)OCC(=O)NCc3ccccc3F)c3ccccc3n2)o1. The van der Waals surface area contributed by atoms with E-state index in [0.717, 1.165) is 5.76 Å². The highest BCUT2D eigenvalue weighted by Crippen LogP contribution is 2.26. The molecule has 2 aromatic heterocycles. The Hall–Kier alpha value is -4.00. The number of pyridine rings is 1. The van der Waals surface area contributed by atoms with Crippen molar-refractivity contribution in [1.82, 2.24) is 10.3 Å². The van der Waals surface area contributed by atoms with Gasteiger partial charge in [-0.3, -0.25) is 4.79 Å². The molecule has 0 atom stereocenters. The third-order valence-corrected chi connectivity index (χ3v) is 4.70. The van der Waals surface area contributed by atoms with Gasteiger partial charge < -0.3 is 14.5 Å². The van der Waals surface area contributed by atoms with Crippen LogP contribution in [-0.4, -0.2) is 23.5 Å². The number of hydrogen-bond acceptors (Lipinski definition) is 5. The number of para-hydroxylation sites is 1. The van der Waals surface area contributed by atoms with Crippen LogP contribution in [0.3, 0.4) is 0 Å². The number of hydrogen-bond donors (Lipinski definition) is 1. The Kier molecular flexibility index (Phi) is 5.75. The predicted molar refractivity (Wildman–Crippen MR) is 113 cm³/mol. The summed E-state index contributed by atoms with van der Waals surface area (Å²) < 4.78 is 24.5. The lowest BCUT2D eigenvalue weighted by Crippen LogP contribution is -2.28. The van der Waals surface area contributed by atoms with Crippen molar-refractivity contribution in [3.05, 3.63) is 89.4 Å². The minimum Gasteiger partial charge on any atom is -0.460 e. The van der Waals surface area contributed by atoms with E-state index in [1.54, 1.807) is 48.5 Å². The molecule has 6 nitrogen and oxygen atoms in total. The van der Waals surface area contributed by atoms with Crippen molar-refractivity contribution in [3.63, 3.8) is 0 Å². The largest absolute Gasteiger partial charge is 0.460 e. The molecule has 2 aromatic carbocycles. The highest BCUT2D eigenvalue weighted by molar-refractivity contribution is 6.05. The van der Waals surface area contributed by atoms with Crippen molar-refractivity contribution in [2.75, 3.05) is 6.61 Å². The molecule has 0 aliphatic carbocycles. The highest BCUT2D eigenvalue weighted by atomic mass is 19.1. The second-order valence-electron chi connectivity index (χ2n) is 6.93. The van der Waals surface area contributed by atoms with Gasteiger partial charge in [-0.05, 0) is 37.3 Å². The molecule has 31 heavy (non-hydrogen) atoms. The second kappa shape index (κ2) is 8.79. The number of esters is 1. The van der Waals surface area contributed by atoms with E-state index in [-0.39, 0.29) is 12.1 Å². The van der Waals surface area contributed by atoms with E-state index in [9.17, 15) is 14.0 Å². The summed E-state index contributed by atoms with van der Waals surface area (Å²) in [6.45, 7) is 1.34. The van der Waals surface area contributed by atoms with Gasteiger partial charge in [0.2, 0.25) is 0 Å². The van der Waals surface area contributed by atoms with Crippen molar-refractivity contribution in [2.24, 2.45) is 0 Å². The lowest BCUT2D eigenvalue weighted by molar-refractivity contribution is -0.124. The van der Waals surface area contributed by atoms with Gasteiger partial charge in [0.25, 0.3) is 5.91 Å². The van der Waals surface area contributed by atoms with Gasteiger partial charge in [0, 0.05) is 17.5 Å². The molecule has 1 amide bonds. The standard InChI is InChI=1S/C24H19FN2O4/c1-15-10-11-22(31-15)21-12-18(17-7-3-5-9-20(17)27-21)24(29)30-14-23(28)26-13-16-6-2-4-8-19(16)25/h2-12H,13-14H2,1H3,(H,26,28). The number of aromatic nitrogens is 1. The Bertz CT molecular complexity index is 1270. The average molecular weight is 418 g/mol. The number of ether oxygens (including phenoxy) is 1. The number of benzene rings is 2. The van der Waals surface area contributed by atoms with Crippen molar-refractivity contribution in [3.8, 4) is 11.5 Å². The zero-order valence-electron chi connectivity index (χ0n) is 16.7. The monoisotopic (exact) mass is 418 g/mol. The van der Waals surface area contributed by atoms with Gasteiger partial charge >= 0.3 is 5.97 Å². The van der Waals surface area contributed by atoms with E-state index in [1.807, 2.05) is 19.1 Å². The van der Waals surface area contributed by atoms with Crippen LogP contribution in [0.2, 0.25) is 0 Å². The Morgan fingerprint density at radius 2 is 1.84 bits per heavy atom. The Morgan fingerprint density at radius 3 is 2.61 bits per heavy atom.